The summed E-state index contributed by atoms with van der Waals surface area (Å²) in [5, 5.41) is 14.6. The van der Waals surface area contributed by atoms with Crippen LogP contribution in [0.2, 0.25) is 5.02 Å². The molecule has 3 aromatic rings. The third-order valence-electron chi connectivity index (χ3n) is 4.05. The molecule has 0 bridgehead atoms. The van der Waals surface area contributed by atoms with Gasteiger partial charge in [-0.1, -0.05) is 11.6 Å². The number of rotatable bonds is 3. The number of hydrogen-bond donors (Lipinski definition) is 3. The molecule has 0 fully saturated rings. The van der Waals surface area contributed by atoms with Crippen molar-refractivity contribution in [2.45, 2.75) is 0 Å². The Morgan fingerprint density at radius 2 is 2.00 bits per heavy atom. The number of nitrogens with zero attached hydrogens (tertiary/aromatic N) is 4. The van der Waals surface area contributed by atoms with Gasteiger partial charge in [0.25, 0.3) is 5.91 Å². The zero-order chi connectivity index (χ0) is 19.7. The van der Waals surface area contributed by atoms with Crippen molar-refractivity contribution in [3.63, 3.8) is 0 Å². The quantitative estimate of drug-likeness (QED) is 0.362. The second kappa shape index (κ2) is 7.12. The summed E-state index contributed by atoms with van der Waals surface area (Å²) in [5.74, 6) is -0.274. The molecule has 28 heavy (non-hydrogen) atoms. The van der Waals surface area contributed by atoms with Gasteiger partial charge in [-0.15, -0.1) is 0 Å². The van der Waals surface area contributed by atoms with Gasteiger partial charge in [0, 0.05) is 24.5 Å². The summed E-state index contributed by atoms with van der Waals surface area (Å²) < 4.78 is 1.42. The molecule has 2 aromatic heterocycles. The Morgan fingerprint density at radius 3 is 2.79 bits per heavy atom. The maximum Gasteiger partial charge on any atom is 0.295 e. The van der Waals surface area contributed by atoms with Gasteiger partial charge in [0.1, 0.15) is 5.69 Å². The normalized spacial score (nSPS) is 11.9. The number of hydrazone groups is 1. The van der Waals surface area contributed by atoms with Gasteiger partial charge in [0.05, 0.1) is 17.6 Å². The van der Waals surface area contributed by atoms with Crippen LogP contribution in [0.3, 0.4) is 0 Å². The van der Waals surface area contributed by atoms with Crippen LogP contribution in [-0.2, 0) is 7.05 Å². The second-order valence-electron chi connectivity index (χ2n) is 5.94. The largest absolute Gasteiger partial charge is 0.347 e. The van der Waals surface area contributed by atoms with Gasteiger partial charge in [0.15, 0.2) is 11.5 Å². The molecule has 0 aliphatic carbocycles. The molecule has 9 nitrogen and oxygen atoms in total. The van der Waals surface area contributed by atoms with Gasteiger partial charge in [-0.3, -0.25) is 14.6 Å². The van der Waals surface area contributed by atoms with Crippen molar-refractivity contribution in [2.24, 2.45) is 12.1 Å². The summed E-state index contributed by atoms with van der Waals surface area (Å²) in [5.41, 5.74) is 3.81. The first-order valence-corrected chi connectivity index (χ1v) is 8.59. The third-order valence-corrected chi connectivity index (χ3v) is 4.28. The minimum atomic E-state index is -0.715. The number of carbonyl (C=O) groups excluding carboxylic acids is 1. The van der Waals surface area contributed by atoms with Crippen LogP contribution in [0.5, 0.6) is 0 Å². The van der Waals surface area contributed by atoms with Crippen LogP contribution in [0.4, 0.5) is 22.9 Å². The Labute approximate surface area is 164 Å². The van der Waals surface area contributed by atoms with E-state index in [9.17, 15) is 9.59 Å². The number of anilines is 4. The van der Waals surface area contributed by atoms with E-state index in [4.69, 9.17) is 11.6 Å². The molecule has 4 rings (SSSR count). The van der Waals surface area contributed by atoms with E-state index in [2.05, 4.69) is 31.2 Å². The van der Waals surface area contributed by atoms with Crippen LogP contribution in [0, 0.1) is 0 Å². The van der Waals surface area contributed by atoms with Crippen LogP contribution in [0.1, 0.15) is 16.1 Å². The van der Waals surface area contributed by atoms with Gasteiger partial charge in [-0.2, -0.15) is 10.2 Å². The lowest BCUT2D eigenvalue weighted by Gasteiger charge is -2.24. The molecule has 1 aliphatic heterocycles. The average Bonchev–Trinajstić information content (AvgIpc) is 2.70. The first kappa shape index (κ1) is 17.7. The predicted octanol–water partition coefficient (Wildman–Crippen LogP) is 2.39. The van der Waals surface area contributed by atoms with Crippen LogP contribution in [0.25, 0.3) is 0 Å². The molecule has 0 unspecified atom stereocenters. The Kier molecular flexibility index (Phi) is 4.50. The second-order valence-corrected chi connectivity index (χ2v) is 6.38. The van der Waals surface area contributed by atoms with Crippen molar-refractivity contribution in [3.8, 4) is 0 Å². The number of benzene rings is 1. The number of aromatic nitrogens is 3. The average molecular weight is 396 g/mol. The summed E-state index contributed by atoms with van der Waals surface area (Å²) in [6.45, 7) is 0. The summed E-state index contributed by atoms with van der Waals surface area (Å²) >= 11 is 6.02. The molecule has 0 radical (unpaired) electrons. The molecule has 3 heterocycles. The van der Waals surface area contributed by atoms with E-state index in [-0.39, 0.29) is 11.4 Å². The Bertz CT molecular complexity index is 1160. The number of carbonyl (C=O) groups is 1. The van der Waals surface area contributed by atoms with Gasteiger partial charge in [0.2, 0.25) is 5.43 Å². The molecule has 1 aliphatic rings. The van der Waals surface area contributed by atoms with Crippen molar-refractivity contribution < 1.29 is 4.79 Å². The number of amides is 1. The summed E-state index contributed by atoms with van der Waals surface area (Å²) in [6.07, 6.45) is 4.65. The number of hydrogen-bond acceptors (Lipinski definition) is 7. The topological polar surface area (TPSA) is 113 Å². The minimum absolute atomic E-state index is 0.204. The maximum atomic E-state index is 12.8. The molecule has 10 heteroatoms. The summed E-state index contributed by atoms with van der Waals surface area (Å²) in [6, 6.07) is 8.65. The molecule has 3 N–H and O–H groups in total. The third kappa shape index (κ3) is 3.30. The lowest BCUT2D eigenvalue weighted by Crippen LogP contribution is -2.32. The first-order chi connectivity index (χ1) is 13.5. The fraction of sp³-hybridized carbons (Fsp3) is 0.0556. The standard InChI is InChI=1S/C18H14ClN7O2/c1-26-17-14(22-13-8-11(19)2-3-12(13)23-17)16(27)15(25-26)18(28)24-21-9-10-4-6-20-7-5-10/h2-9,22-23H,1H3,(H,24,28)/b21-9+. The SMILES string of the molecule is Cn1nc(C(=O)N/N=C/c2ccncc2)c(=O)c2c1Nc1ccc(Cl)cc1N2. The maximum absolute atomic E-state index is 12.8. The molecule has 0 atom stereocenters. The molecule has 0 spiro atoms. The minimum Gasteiger partial charge on any atom is -0.347 e. The van der Waals surface area contributed by atoms with Crippen molar-refractivity contribution in [1.82, 2.24) is 20.2 Å². The number of halogens is 1. The highest BCUT2D eigenvalue weighted by molar-refractivity contribution is 6.31. The summed E-state index contributed by atoms with van der Waals surface area (Å²) in [4.78, 5) is 29.1. The number of pyridine rings is 1. The smallest absolute Gasteiger partial charge is 0.295 e. The van der Waals surface area contributed by atoms with Crippen LogP contribution in [-0.4, -0.2) is 26.9 Å². The Balaban J connectivity index is 1.62. The van der Waals surface area contributed by atoms with Gasteiger partial charge in [-0.25, -0.2) is 10.1 Å². The van der Waals surface area contributed by atoms with E-state index >= 15 is 0 Å². The van der Waals surface area contributed by atoms with Crippen molar-refractivity contribution in [3.05, 3.63) is 69.2 Å². The Morgan fingerprint density at radius 1 is 1.21 bits per heavy atom. The zero-order valence-corrected chi connectivity index (χ0v) is 15.4. The molecule has 1 aromatic carbocycles. The van der Waals surface area contributed by atoms with Crippen molar-refractivity contribution in [2.75, 3.05) is 10.6 Å². The predicted molar refractivity (Wildman–Crippen MR) is 107 cm³/mol. The lowest BCUT2D eigenvalue weighted by atomic mass is 10.2. The molecule has 0 saturated carbocycles. The Hall–Kier alpha value is -3.72. The van der Waals surface area contributed by atoms with E-state index in [0.717, 1.165) is 11.3 Å². The fourth-order valence-corrected chi connectivity index (χ4v) is 2.87. The van der Waals surface area contributed by atoms with E-state index in [1.165, 1.54) is 10.9 Å². The van der Waals surface area contributed by atoms with E-state index < -0.39 is 11.3 Å². The van der Waals surface area contributed by atoms with E-state index in [1.807, 2.05) is 0 Å². The summed E-state index contributed by atoms with van der Waals surface area (Å²) in [7, 11) is 1.63. The fourth-order valence-electron chi connectivity index (χ4n) is 2.70. The van der Waals surface area contributed by atoms with Crippen molar-refractivity contribution in [1.29, 1.82) is 0 Å². The molecular formula is C18H14ClN7O2. The molecule has 0 saturated heterocycles. The van der Waals surface area contributed by atoms with Crippen LogP contribution < -0.4 is 21.5 Å². The molecule has 1 amide bonds. The highest BCUT2D eigenvalue weighted by Gasteiger charge is 2.25. The van der Waals surface area contributed by atoms with Gasteiger partial charge < -0.3 is 10.6 Å². The van der Waals surface area contributed by atoms with Gasteiger partial charge >= 0.3 is 0 Å². The zero-order valence-electron chi connectivity index (χ0n) is 14.6. The van der Waals surface area contributed by atoms with Crippen LogP contribution >= 0.6 is 11.6 Å². The highest BCUT2D eigenvalue weighted by atomic mass is 35.5. The lowest BCUT2D eigenvalue weighted by molar-refractivity contribution is 0.0947. The van der Waals surface area contributed by atoms with Gasteiger partial charge in [-0.05, 0) is 35.9 Å². The van der Waals surface area contributed by atoms with E-state index in [1.54, 1.807) is 49.8 Å². The van der Waals surface area contributed by atoms with Crippen LogP contribution in [0.15, 0.2) is 52.6 Å². The number of aryl methyl sites for hydroxylation is 1. The molecule has 140 valence electrons. The molecular weight excluding hydrogens is 382 g/mol. The highest BCUT2D eigenvalue weighted by Crippen LogP contribution is 2.37. The number of nitrogens with one attached hydrogen (secondary N) is 3. The first-order valence-electron chi connectivity index (χ1n) is 8.21. The van der Waals surface area contributed by atoms with Crippen molar-refractivity contribution >= 4 is 46.6 Å². The number of fused-ring (bicyclic) bond motifs is 2. The monoisotopic (exact) mass is 395 g/mol. The van der Waals surface area contributed by atoms with E-state index in [0.29, 0.717) is 16.5 Å².